The second-order valence-corrected chi connectivity index (χ2v) is 5.40. The molecule has 0 bridgehead atoms. The molecule has 0 saturated heterocycles. The van der Waals surface area contributed by atoms with Gasteiger partial charge in [0.1, 0.15) is 0 Å². The van der Waals surface area contributed by atoms with E-state index >= 15 is 0 Å². The number of rotatable bonds is 11. The monoisotopic (exact) mass is 325 g/mol. The lowest BCUT2D eigenvalue weighted by Gasteiger charge is -2.22. The van der Waals surface area contributed by atoms with E-state index in [2.05, 4.69) is 11.8 Å². The first-order valence-electron chi connectivity index (χ1n) is 7.85. The molecule has 0 spiro atoms. The van der Waals surface area contributed by atoms with Crippen molar-refractivity contribution >= 4 is 5.97 Å². The zero-order valence-electron chi connectivity index (χ0n) is 14.1. The van der Waals surface area contributed by atoms with E-state index in [1.54, 1.807) is 26.4 Å². The average molecular weight is 325 g/mol. The lowest BCUT2D eigenvalue weighted by Crippen LogP contribution is -2.29. The number of nitrogens with zero attached hydrogens (tertiary/aromatic N) is 1. The highest BCUT2D eigenvalue weighted by Gasteiger charge is 2.14. The Balaban J connectivity index is 2.62. The summed E-state index contributed by atoms with van der Waals surface area (Å²) in [5.74, 6) is 0.407. The van der Waals surface area contributed by atoms with Crippen molar-refractivity contribution in [1.82, 2.24) is 4.90 Å². The molecule has 1 atom stereocenters. The molecular formula is C17H27NO5. The molecule has 1 rings (SSSR count). The topological polar surface area (TPSA) is 79.2 Å². The van der Waals surface area contributed by atoms with Gasteiger partial charge in [-0.3, -0.25) is 4.79 Å². The molecule has 0 amide bonds. The molecule has 1 aromatic rings. The molecule has 1 unspecified atom stereocenters. The smallest absolute Gasteiger partial charge is 0.304 e. The van der Waals surface area contributed by atoms with Gasteiger partial charge in [0.05, 0.1) is 26.7 Å². The highest BCUT2D eigenvalue weighted by Crippen LogP contribution is 2.30. The van der Waals surface area contributed by atoms with Crippen LogP contribution in [0, 0.1) is 0 Å². The average Bonchev–Trinajstić information content (AvgIpc) is 2.56. The number of aliphatic hydroxyl groups is 1. The summed E-state index contributed by atoms with van der Waals surface area (Å²) in [5.41, 5.74) is 0.761. The number of methoxy groups -OCH3 is 2. The van der Waals surface area contributed by atoms with Gasteiger partial charge in [-0.05, 0) is 37.1 Å². The lowest BCUT2D eigenvalue weighted by atomic mass is 10.1. The van der Waals surface area contributed by atoms with Crippen LogP contribution in [0.25, 0.3) is 0 Å². The summed E-state index contributed by atoms with van der Waals surface area (Å²) in [6.45, 7) is 4.03. The third-order valence-electron chi connectivity index (χ3n) is 3.69. The zero-order valence-corrected chi connectivity index (χ0v) is 14.1. The van der Waals surface area contributed by atoms with Gasteiger partial charge in [0.15, 0.2) is 11.5 Å². The van der Waals surface area contributed by atoms with Crippen molar-refractivity contribution in [3.05, 3.63) is 23.8 Å². The minimum absolute atomic E-state index is 0.118. The van der Waals surface area contributed by atoms with Gasteiger partial charge >= 0.3 is 5.97 Å². The number of carboxylic acids is 1. The van der Waals surface area contributed by atoms with Gasteiger partial charge in [-0.1, -0.05) is 13.0 Å². The summed E-state index contributed by atoms with van der Waals surface area (Å²) in [6, 6.07) is 5.35. The number of aliphatic hydroxyl groups excluding tert-OH is 1. The Hall–Kier alpha value is -1.79. The normalized spacial score (nSPS) is 12.2. The van der Waals surface area contributed by atoms with Crippen LogP contribution in [0.1, 0.15) is 37.9 Å². The van der Waals surface area contributed by atoms with Gasteiger partial charge in [0.25, 0.3) is 0 Å². The molecule has 23 heavy (non-hydrogen) atoms. The van der Waals surface area contributed by atoms with Crippen molar-refractivity contribution in [2.45, 2.75) is 32.3 Å². The fourth-order valence-electron chi connectivity index (χ4n) is 2.44. The first-order valence-corrected chi connectivity index (χ1v) is 7.85. The number of benzene rings is 1. The molecule has 0 fully saturated rings. The van der Waals surface area contributed by atoms with E-state index in [0.717, 1.165) is 18.5 Å². The maximum Gasteiger partial charge on any atom is 0.304 e. The minimum atomic E-state index is -0.799. The summed E-state index contributed by atoms with van der Waals surface area (Å²) in [5, 5.41) is 19.2. The quantitative estimate of drug-likeness (QED) is 0.650. The van der Waals surface area contributed by atoms with Crippen molar-refractivity contribution in [2.24, 2.45) is 0 Å². The van der Waals surface area contributed by atoms with E-state index in [9.17, 15) is 9.90 Å². The number of ether oxygens (including phenoxy) is 2. The summed E-state index contributed by atoms with van der Waals surface area (Å²) in [6.07, 6.45) is 0.979. The van der Waals surface area contributed by atoms with Gasteiger partial charge in [-0.25, -0.2) is 0 Å². The lowest BCUT2D eigenvalue weighted by molar-refractivity contribution is -0.137. The van der Waals surface area contributed by atoms with Gasteiger partial charge in [-0.15, -0.1) is 0 Å². The van der Waals surface area contributed by atoms with E-state index in [4.69, 9.17) is 14.6 Å². The predicted molar refractivity (Wildman–Crippen MR) is 88.1 cm³/mol. The Labute approximate surface area is 137 Å². The first kappa shape index (κ1) is 19.3. The highest BCUT2D eigenvalue weighted by molar-refractivity contribution is 5.66. The zero-order chi connectivity index (χ0) is 17.2. The van der Waals surface area contributed by atoms with Crippen molar-refractivity contribution in [3.8, 4) is 11.5 Å². The van der Waals surface area contributed by atoms with Crippen molar-refractivity contribution in [3.63, 3.8) is 0 Å². The van der Waals surface area contributed by atoms with Crippen LogP contribution in [-0.4, -0.2) is 54.9 Å². The van der Waals surface area contributed by atoms with E-state index in [-0.39, 0.29) is 6.42 Å². The fourth-order valence-corrected chi connectivity index (χ4v) is 2.44. The van der Waals surface area contributed by atoms with Crippen LogP contribution < -0.4 is 9.47 Å². The Morgan fingerprint density at radius 3 is 2.43 bits per heavy atom. The van der Waals surface area contributed by atoms with Gasteiger partial charge in [0.2, 0.25) is 0 Å². The highest BCUT2D eigenvalue weighted by atomic mass is 16.5. The van der Waals surface area contributed by atoms with Crippen LogP contribution in [0.2, 0.25) is 0 Å². The number of carboxylic acid groups (broad SMARTS) is 1. The number of hydrogen-bond donors (Lipinski definition) is 2. The van der Waals surface area contributed by atoms with Crippen LogP contribution in [-0.2, 0) is 4.79 Å². The van der Waals surface area contributed by atoms with E-state index < -0.39 is 12.1 Å². The van der Waals surface area contributed by atoms with Gasteiger partial charge < -0.3 is 24.6 Å². The molecule has 0 radical (unpaired) electrons. The molecule has 130 valence electrons. The van der Waals surface area contributed by atoms with Gasteiger partial charge in [-0.2, -0.15) is 0 Å². The summed E-state index contributed by atoms with van der Waals surface area (Å²) < 4.78 is 10.4. The molecule has 0 aromatic heterocycles. The molecule has 0 aliphatic rings. The fraction of sp³-hybridized carbons (Fsp3) is 0.588. The Bertz CT molecular complexity index is 492. The van der Waals surface area contributed by atoms with Crippen LogP contribution in [0.4, 0.5) is 0 Å². The first-order chi connectivity index (χ1) is 11.0. The summed E-state index contributed by atoms with van der Waals surface area (Å²) >= 11 is 0. The maximum atomic E-state index is 10.7. The molecule has 0 aliphatic heterocycles. The maximum absolute atomic E-state index is 10.7. The van der Waals surface area contributed by atoms with Crippen LogP contribution in [0.5, 0.6) is 11.5 Å². The minimum Gasteiger partial charge on any atom is -0.493 e. The van der Waals surface area contributed by atoms with Crippen molar-refractivity contribution < 1.29 is 24.5 Å². The van der Waals surface area contributed by atoms with E-state index in [1.807, 2.05) is 6.07 Å². The largest absolute Gasteiger partial charge is 0.493 e. The number of hydrogen-bond acceptors (Lipinski definition) is 5. The molecule has 0 saturated carbocycles. The van der Waals surface area contributed by atoms with Crippen molar-refractivity contribution in [1.29, 1.82) is 0 Å². The van der Waals surface area contributed by atoms with Gasteiger partial charge in [0, 0.05) is 13.1 Å². The molecule has 6 heteroatoms. The number of carbonyl (C=O) groups is 1. The summed E-state index contributed by atoms with van der Waals surface area (Å²) in [4.78, 5) is 12.8. The third kappa shape index (κ3) is 6.46. The second kappa shape index (κ2) is 10.1. The molecule has 2 N–H and O–H groups in total. The second-order valence-electron chi connectivity index (χ2n) is 5.40. The SMILES string of the molecule is CCCN(CCC(=O)O)CCC(O)c1ccc(OC)c(OC)c1. The molecule has 0 aliphatic carbocycles. The molecule has 0 heterocycles. The molecule has 1 aromatic carbocycles. The Morgan fingerprint density at radius 2 is 1.87 bits per heavy atom. The molecular weight excluding hydrogens is 298 g/mol. The predicted octanol–water partition coefficient (Wildman–Crippen LogP) is 2.31. The molecule has 6 nitrogen and oxygen atoms in total. The van der Waals surface area contributed by atoms with Crippen LogP contribution >= 0.6 is 0 Å². The standard InChI is InChI=1S/C17H27NO5/c1-4-9-18(11-8-17(20)21)10-7-14(19)13-5-6-15(22-2)16(12-13)23-3/h5-6,12,14,19H,4,7-11H2,1-3H3,(H,20,21). The van der Waals surface area contributed by atoms with Crippen LogP contribution in [0.15, 0.2) is 18.2 Å². The number of aliphatic carboxylic acids is 1. The Morgan fingerprint density at radius 1 is 1.17 bits per heavy atom. The van der Waals surface area contributed by atoms with E-state index in [0.29, 0.717) is 31.0 Å². The van der Waals surface area contributed by atoms with Crippen LogP contribution in [0.3, 0.4) is 0 Å². The van der Waals surface area contributed by atoms with Crippen molar-refractivity contribution in [2.75, 3.05) is 33.9 Å². The Kier molecular flexibility index (Phi) is 8.43. The van der Waals surface area contributed by atoms with E-state index in [1.165, 1.54) is 0 Å². The third-order valence-corrected chi connectivity index (χ3v) is 3.69. The summed E-state index contributed by atoms with van der Waals surface area (Å²) in [7, 11) is 3.13.